The van der Waals surface area contributed by atoms with Crippen molar-refractivity contribution in [1.29, 1.82) is 0 Å². The number of carbonyl (C=O) groups is 2. The summed E-state index contributed by atoms with van der Waals surface area (Å²) in [6, 6.07) is 16.8. The average molecular weight is 337 g/mol. The molecule has 1 heterocycles. The molecule has 6 heteroatoms. The quantitative estimate of drug-likeness (QED) is 0.936. The maximum absolute atomic E-state index is 12.6. The van der Waals surface area contributed by atoms with Gasteiger partial charge in [-0.1, -0.05) is 48.5 Å². The Kier molecular flexibility index (Phi) is 4.79. The van der Waals surface area contributed by atoms with Crippen LogP contribution in [-0.2, 0) is 16.1 Å². The van der Waals surface area contributed by atoms with Gasteiger partial charge in [-0.15, -0.1) is 0 Å². The second-order valence-corrected chi connectivity index (χ2v) is 5.74. The average Bonchev–Trinajstić information content (AvgIpc) is 2.73. The molecule has 1 atom stereocenters. The molecule has 0 saturated carbocycles. The van der Waals surface area contributed by atoms with E-state index in [1.807, 2.05) is 61.5 Å². The van der Waals surface area contributed by atoms with Gasteiger partial charge in [0.15, 0.2) is 0 Å². The molecule has 1 aliphatic rings. The van der Waals surface area contributed by atoms with Crippen molar-refractivity contribution < 1.29 is 14.3 Å². The van der Waals surface area contributed by atoms with E-state index in [-0.39, 0.29) is 12.5 Å². The van der Waals surface area contributed by atoms with Gasteiger partial charge in [0.25, 0.3) is 5.91 Å². The monoisotopic (exact) mass is 337 g/mol. The van der Waals surface area contributed by atoms with Crippen molar-refractivity contribution in [3.63, 3.8) is 0 Å². The molecular formula is C19H19N3O3. The summed E-state index contributed by atoms with van der Waals surface area (Å²) in [5, 5.41) is 2.53. The van der Waals surface area contributed by atoms with Crippen LogP contribution in [0.2, 0.25) is 0 Å². The number of para-hydroxylation sites is 1. The zero-order valence-corrected chi connectivity index (χ0v) is 14.1. The summed E-state index contributed by atoms with van der Waals surface area (Å²) in [7, 11) is 1.67. The van der Waals surface area contributed by atoms with Crippen LogP contribution in [0.1, 0.15) is 18.1 Å². The summed E-state index contributed by atoms with van der Waals surface area (Å²) >= 11 is 0. The van der Waals surface area contributed by atoms with E-state index in [0.29, 0.717) is 5.71 Å². The zero-order chi connectivity index (χ0) is 17.8. The Morgan fingerprint density at radius 3 is 2.60 bits per heavy atom. The lowest BCUT2D eigenvalue weighted by atomic mass is 10.1. The van der Waals surface area contributed by atoms with E-state index in [2.05, 4.69) is 10.3 Å². The molecule has 25 heavy (non-hydrogen) atoms. The third-order valence-electron chi connectivity index (χ3n) is 4.01. The number of anilines is 1. The first-order valence-corrected chi connectivity index (χ1v) is 7.95. The van der Waals surface area contributed by atoms with Gasteiger partial charge in [-0.25, -0.2) is 4.79 Å². The van der Waals surface area contributed by atoms with Gasteiger partial charge in [0, 0.05) is 18.3 Å². The number of benzodiazepines with no additional fused rings is 1. The minimum absolute atomic E-state index is 0.131. The molecule has 6 nitrogen and oxygen atoms in total. The molecule has 0 radical (unpaired) electrons. The van der Waals surface area contributed by atoms with Crippen molar-refractivity contribution in [2.75, 3.05) is 11.9 Å². The van der Waals surface area contributed by atoms with Gasteiger partial charge in [0.1, 0.15) is 6.61 Å². The molecule has 0 fully saturated rings. The molecule has 2 aromatic rings. The van der Waals surface area contributed by atoms with Gasteiger partial charge < -0.3 is 9.64 Å². The zero-order valence-electron chi connectivity index (χ0n) is 14.1. The summed E-state index contributed by atoms with van der Waals surface area (Å²) in [6.45, 7) is 1.95. The van der Waals surface area contributed by atoms with Crippen LogP contribution in [0.5, 0.6) is 0 Å². The van der Waals surface area contributed by atoms with Crippen molar-refractivity contribution >= 4 is 23.4 Å². The minimum Gasteiger partial charge on any atom is -0.445 e. The first-order chi connectivity index (χ1) is 12.1. The molecule has 0 bridgehead atoms. The molecule has 0 saturated heterocycles. The summed E-state index contributed by atoms with van der Waals surface area (Å²) in [4.78, 5) is 30.5. The second kappa shape index (κ2) is 7.17. The Balaban J connectivity index is 1.71. The van der Waals surface area contributed by atoms with E-state index in [1.54, 1.807) is 7.05 Å². The molecule has 3 rings (SSSR count). The molecule has 1 N–H and O–H groups in total. The fraction of sp³-hybridized carbons (Fsp3) is 0.211. The molecular weight excluding hydrogens is 318 g/mol. The number of ether oxygens (including phenoxy) is 1. The van der Waals surface area contributed by atoms with E-state index in [4.69, 9.17) is 4.74 Å². The lowest BCUT2D eigenvalue weighted by Gasteiger charge is -2.20. The van der Waals surface area contributed by atoms with Crippen molar-refractivity contribution in [2.24, 2.45) is 4.99 Å². The lowest BCUT2D eigenvalue weighted by Crippen LogP contribution is -2.46. The number of nitrogens with one attached hydrogen (secondary N) is 1. The molecule has 1 unspecified atom stereocenters. The fourth-order valence-electron chi connectivity index (χ4n) is 2.66. The van der Waals surface area contributed by atoms with E-state index in [9.17, 15) is 9.59 Å². The number of amides is 2. The Morgan fingerprint density at radius 2 is 1.84 bits per heavy atom. The number of carbonyl (C=O) groups excluding carboxylic acids is 2. The number of rotatable bonds is 3. The topological polar surface area (TPSA) is 71.0 Å². The van der Waals surface area contributed by atoms with Gasteiger partial charge in [-0.05, 0) is 18.6 Å². The predicted octanol–water partition coefficient (Wildman–Crippen LogP) is 2.72. The fourth-order valence-corrected chi connectivity index (χ4v) is 2.66. The molecule has 0 aliphatic carbocycles. The third kappa shape index (κ3) is 3.68. The molecule has 0 aromatic heterocycles. The third-order valence-corrected chi connectivity index (χ3v) is 4.01. The first-order valence-electron chi connectivity index (χ1n) is 7.95. The van der Waals surface area contributed by atoms with Crippen LogP contribution in [0, 0.1) is 0 Å². The summed E-state index contributed by atoms with van der Waals surface area (Å²) in [5.41, 5.74) is 3.17. The van der Waals surface area contributed by atoms with Crippen LogP contribution in [0.4, 0.5) is 10.5 Å². The first kappa shape index (κ1) is 16.7. The summed E-state index contributed by atoms with van der Waals surface area (Å²) in [5.74, 6) is -0.319. The van der Waals surface area contributed by atoms with Crippen LogP contribution in [0.3, 0.4) is 0 Å². The summed E-state index contributed by atoms with van der Waals surface area (Å²) < 4.78 is 5.18. The van der Waals surface area contributed by atoms with Gasteiger partial charge in [-0.2, -0.15) is 0 Å². The molecule has 2 aromatic carbocycles. The molecule has 2 amide bonds. The van der Waals surface area contributed by atoms with E-state index in [1.165, 1.54) is 4.90 Å². The van der Waals surface area contributed by atoms with Crippen LogP contribution < -0.4 is 10.2 Å². The number of nitrogens with zero attached hydrogens (tertiary/aromatic N) is 2. The maximum Gasteiger partial charge on any atom is 0.409 e. The standard InChI is InChI=1S/C19H19N3O3/c1-13-15-10-6-7-11-16(15)22(2)18(23)17(20-13)21-19(24)25-12-14-8-4-3-5-9-14/h3-11,17H,12H2,1-2H3,(H,21,24). The van der Waals surface area contributed by atoms with Crippen LogP contribution >= 0.6 is 0 Å². The van der Waals surface area contributed by atoms with Crippen molar-refractivity contribution in [2.45, 2.75) is 19.7 Å². The molecule has 1 aliphatic heterocycles. The number of fused-ring (bicyclic) bond motifs is 1. The Morgan fingerprint density at radius 1 is 1.16 bits per heavy atom. The summed E-state index contributed by atoms with van der Waals surface area (Å²) in [6.07, 6.45) is -1.70. The minimum atomic E-state index is -1.01. The van der Waals surface area contributed by atoms with Gasteiger partial charge in [-0.3, -0.25) is 15.1 Å². The van der Waals surface area contributed by atoms with Crippen molar-refractivity contribution in [3.05, 3.63) is 65.7 Å². The van der Waals surface area contributed by atoms with Gasteiger partial charge in [0.05, 0.1) is 5.69 Å². The Bertz CT molecular complexity index is 818. The van der Waals surface area contributed by atoms with E-state index in [0.717, 1.165) is 16.8 Å². The predicted molar refractivity (Wildman–Crippen MR) is 95.6 cm³/mol. The number of aliphatic imine (C=N–C) groups is 1. The van der Waals surface area contributed by atoms with Gasteiger partial charge in [0.2, 0.25) is 6.17 Å². The number of hydrogen-bond donors (Lipinski definition) is 1. The normalized spacial score (nSPS) is 16.6. The molecule has 128 valence electrons. The molecule has 0 spiro atoms. The highest BCUT2D eigenvalue weighted by Crippen LogP contribution is 2.24. The highest BCUT2D eigenvalue weighted by atomic mass is 16.5. The number of benzene rings is 2. The van der Waals surface area contributed by atoms with Crippen molar-refractivity contribution in [3.8, 4) is 0 Å². The highest BCUT2D eigenvalue weighted by molar-refractivity contribution is 6.12. The number of alkyl carbamates (subject to hydrolysis) is 1. The van der Waals surface area contributed by atoms with E-state index < -0.39 is 12.3 Å². The largest absolute Gasteiger partial charge is 0.445 e. The smallest absolute Gasteiger partial charge is 0.409 e. The van der Waals surface area contributed by atoms with Gasteiger partial charge >= 0.3 is 6.09 Å². The Hall–Kier alpha value is -3.15. The Labute approximate surface area is 146 Å². The maximum atomic E-state index is 12.6. The van der Waals surface area contributed by atoms with Crippen LogP contribution in [-0.4, -0.2) is 30.9 Å². The second-order valence-electron chi connectivity index (χ2n) is 5.74. The van der Waals surface area contributed by atoms with Crippen LogP contribution in [0.15, 0.2) is 59.6 Å². The highest BCUT2D eigenvalue weighted by Gasteiger charge is 2.29. The van der Waals surface area contributed by atoms with Crippen molar-refractivity contribution in [1.82, 2.24) is 5.32 Å². The lowest BCUT2D eigenvalue weighted by molar-refractivity contribution is -0.120. The SMILES string of the molecule is CC1=NC(NC(=O)OCc2ccccc2)C(=O)N(C)c2ccccc21. The van der Waals surface area contributed by atoms with Crippen LogP contribution in [0.25, 0.3) is 0 Å². The van der Waals surface area contributed by atoms with E-state index >= 15 is 0 Å². The number of likely N-dealkylation sites (N-methyl/N-ethyl adjacent to an activating group) is 1. The number of hydrogen-bond acceptors (Lipinski definition) is 4.